The predicted molar refractivity (Wildman–Crippen MR) is 132 cm³/mol. The number of hydrogen-bond donors (Lipinski definition) is 2. The van der Waals surface area contributed by atoms with Gasteiger partial charge in [0.05, 0.1) is 18.5 Å². The van der Waals surface area contributed by atoms with Gasteiger partial charge in [0.1, 0.15) is 11.3 Å². The summed E-state index contributed by atoms with van der Waals surface area (Å²) in [5.74, 6) is 1.16. The molecular formula is C26H30N6O3. The van der Waals surface area contributed by atoms with Gasteiger partial charge < -0.3 is 14.6 Å². The molecule has 3 heterocycles. The maximum absolute atomic E-state index is 13.0. The number of aryl methyl sites for hydroxylation is 1. The molecule has 0 spiro atoms. The van der Waals surface area contributed by atoms with Gasteiger partial charge in [0.15, 0.2) is 0 Å². The van der Waals surface area contributed by atoms with E-state index in [2.05, 4.69) is 25.8 Å². The number of ether oxygens (including phenoxy) is 1. The van der Waals surface area contributed by atoms with Gasteiger partial charge in [-0.3, -0.25) is 14.5 Å². The van der Waals surface area contributed by atoms with E-state index in [1.807, 2.05) is 70.3 Å². The van der Waals surface area contributed by atoms with Crippen LogP contribution >= 0.6 is 0 Å². The van der Waals surface area contributed by atoms with E-state index in [-0.39, 0.29) is 17.4 Å². The van der Waals surface area contributed by atoms with Crippen molar-refractivity contribution in [2.24, 2.45) is 0 Å². The lowest BCUT2D eigenvalue weighted by Crippen LogP contribution is -2.42. The first-order valence-corrected chi connectivity index (χ1v) is 11.8. The highest BCUT2D eigenvalue weighted by atomic mass is 16.5. The van der Waals surface area contributed by atoms with Crippen LogP contribution in [-0.2, 0) is 4.74 Å². The molecule has 1 aliphatic rings. The van der Waals surface area contributed by atoms with Gasteiger partial charge in [0.2, 0.25) is 11.7 Å². The molecule has 3 aromatic heterocycles. The standard InChI is InChI=1S/C26H30N6O3/c1-16-8-9-17(13-20(16)29-24(33)21-14-27-22-7-5-6-10-32(21)22)23-30-25(35-31-23)18-11-19(12-18)28-15-34-26(2,3)4/h5-10,13-14,18-19,28H,11-12,15H2,1-4H3,(H,29,33). The van der Waals surface area contributed by atoms with Crippen LogP contribution in [0.3, 0.4) is 0 Å². The van der Waals surface area contributed by atoms with Crippen molar-refractivity contribution < 1.29 is 14.1 Å². The second-order valence-corrected chi connectivity index (χ2v) is 9.98. The Morgan fingerprint density at radius 3 is 2.86 bits per heavy atom. The molecule has 1 aromatic carbocycles. The van der Waals surface area contributed by atoms with Crippen molar-refractivity contribution in [1.82, 2.24) is 24.8 Å². The molecule has 9 nitrogen and oxygen atoms in total. The number of aromatic nitrogens is 4. The number of benzene rings is 1. The van der Waals surface area contributed by atoms with Crippen molar-refractivity contribution >= 4 is 17.2 Å². The summed E-state index contributed by atoms with van der Waals surface area (Å²) in [4.78, 5) is 21.9. The summed E-state index contributed by atoms with van der Waals surface area (Å²) in [7, 11) is 0. The summed E-state index contributed by atoms with van der Waals surface area (Å²) in [5.41, 5.74) is 3.44. The molecule has 182 valence electrons. The molecule has 0 saturated heterocycles. The minimum absolute atomic E-state index is 0.156. The van der Waals surface area contributed by atoms with Gasteiger partial charge in [-0.15, -0.1) is 0 Å². The zero-order valence-corrected chi connectivity index (χ0v) is 20.4. The Bertz CT molecular complexity index is 1350. The zero-order valence-electron chi connectivity index (χ0n) is 20.4. The van der Waals surface area contributed by atoms with Gasteiger partial charge in [-0.25, -0.2) is 4.98 Å². The van der Waals surface area contributed by atoms with Crippen molar-refractivity contribution in [1.29, 1.82) is 0 Å². The number of nitrogens with zero attached hydrogens (tertiary/aromatic N) is 4. The third-order valence-electron chi connectivity index (χ3n) is 6.20. The van der Waals surface area contributed by atoms with E-state index in [0.717, 1.165) is 29.6 Å². The first kappa shape index (κ1) is 23.2. The molecule has 5 rings (SSSR count). The largest absolute Gasteiger partial charge is 0.361 e. The SMILES string of the molecule is Cc1ccc(-c2noc(C3CC(NCOC(C)(C)C)C3)n2)cc1NC(=O)c1cnc2ccccn12. The number of amides is 1. The predicted octanol–water partition coefficient (Wildman–Crippen LogP) is 4.55. The maximum Gasteiger partial charge on any atom is 0.274 e. The molecule has 0 atom stereocenters. The molecule has 1 fully saturated rings. The Hall–Kier alpha value is -3.56. The van der Waals surface area contributed by atoms with Crippen molar-refractivity contribution in [2.45, 2.75) is 58.1 Å². The highest BCUT2D eigenvalue weighted by Crippen LogP contribution is 2.37. The average molecular weight is 475 g/mol. The Kier molecular flexibility index (Phi) is 6.12. The van der Waals surface area contributed by atoms with Crippen LogP contribution in [0.1, 0.15) is 61.5 Å². The smallest absolute Gasteiger partial charge is 0.274 e. The Morgan fingerprint density at radius 1 is 1.23 bits per heavy atom. The molecule has 0 radical (unpaired) electrons. The number of anilines is 1. The Morgan fingerprint density at radius 2 is 2.06 bits per heavy atom. The van der Waals surface area contributed by atoms with Crippen LogP contribution in [0.5, 0.6) is 0 Å². The third-order valence-corrected chi connectivity index (χ3v) is 6.20. The topological polar surface area (TPSA) is 107 Å². The fourth-order valence-electron chi connectivity index (χ4n) is 4.06. The normalized spacial score (nSPS) is 17.9. The molecule has 4 aromatic rings. The number of rotatable bonds is 7. The summed E-state index contributed by atoms with van der Waals surface area (Å²) >= 11 is 0. The van der Waals surface area contributed by atoms with Gasteiger partial charge in [-0.2, -0.15) is 4.98 Å². The van der Waals surface area contributed by atoms with E-state index < -0.39 is 0 Å². The summed E-state index contributed by atoms with van der Waals surface area (Å²) < 4.78 is 13.1. The lowest BCUT2D eigenvalue weighted by atomic mass is 9.80. The molecule has 35 heavy (non-hydrogen) atoms. The number of pyridine rings is 1. The lowest BCUT2D eigenvalue weighted by Gasteiger charge is -2.34. The van der Waals surface area contributed by atoms with Gasteiger partial charge in [0.25, 0.3) is 5.91 Å². The number of carbonyl (C=O) groups is 1. The molecular weight excluding hydrogens is 444 g/mol. The molecule has 1 aliphatic carbocycles. The van der Waals surface area contributed by atoms with Crippen LogP contribution in [-0.4, -0.2) is 43.8 Å². The fraction of sp³-hybridized carbons (Fsp3) is 0.385. The molecule has 1 saturated carbocycles. The Balaban J connectivity index is 1.24. The van der Waals surface area contributed by atoms with Gasteiger partial charge in [0, 0.05) is 29.4 Å². The van der Waals surface area contributed by atoms with Crippen LogP contribution in [0.25, 0.3) is 17.0 Å². The van der Waals surface area contributed by atoms with E-state index in [1.165, 1.54) is 0 Å². The van der Waals surface area contributed by atoms with Crippen LogP contribution in [0, 0.1) is 6.92 Å². The number of fused-ring (bicyclic) bond motifs is 1. The molecule has 1 amide bonds. The molecule has 0 bridgehead atoms. The van der Waals surface area contributed by atoms with Crippen molar-refractivity contribution in [3.63, 3.8) is 0 Å². The van der Waals surface area contributed by atoms with Gasteiger partial charge >= 0.3 is 0 Å². The summed E-state index contributed by atoms with van der Waals surface area (Å²) in [5, 5.41) is 10.6. The highest BCUT2D eigenvalue weighted by Gasteiger charge is 2.34. The third kappa shape index (κ3) is 5.11. The van der Waals surface area contributed by atoms with Crippen molar-refractivity contribution in [3.05, 3.63) is 65.9 Å². The second kappa shape index (κ2) is 9.24. The minimum atomic E-state index is -0.235. The maximum atomic E-state index is 13.0. The Labute approximate surface area is 203 Å². The average Bonchev–Trinajstić information content (AvgIpc) is 3.43. The van der Waals surface area contributed by atoms with E-state index in [4.69, 9.17) is 9.26 Å². The molecule has 2 N–H and O–H groups in total. The van der Waals surface area contributed by atoms with Crippen LogP contribution in [0.15, 0.2) is 53.3 Å². The van der Waals surface area contributed by atoms with Crippen molar-refractivity contribution in [2.75, 3.05) is 12.0 Å². The van der Waals surface area contributed by atoms with Gasteiger partial charge in [-0.1, -0.05) is 23.4 Å². The molecule has 0 unspecified atom stereocenters. The summed E-state index contributed by atoms with van der Waals surface area (Å²) in [6, 6.07) is 11.7. The fourth-order valence-corrected chi connectivity index (χ4v) is 4.06. The first-order chi connectivity index (χ1) is 16.8. The van der Waals surface area contributed by atoms with E-state index in [0.29, 0.717) is 35.9 Å². The van der Waals surface area contributed by atoms with Crippen LogP contribution < -0.4 is 10.6 Å². The zero-order chi connectivity index (χ0) is 24.6. The number of carbonyl (C=O) groups excluding carboxylic acids is 1. The highest BCUT2D eigenvalue weighted by molar-refractivity contribution is 6.04. The molecule has 0 aliphatic heterocycles. The van der Waals surface area contributed by atoms with Gasteiger partial charge in [-0.05, 0) is 64.3 Å². The van der Waals surface area contributed by atoms with E-state index >= 15 is 0 Å². The van der Waals surface area contributed by atoms with Crippen LogP contribution in [0.2, 0.25) is 0 Å². The first-order valence-electron chi connectivity index (χ1n) is 11.8. The van der Waals surface area contributed by atoms with Crippen molar-refractivity contribution in [3.8, 4) is 11.4 Å². The second-order valence-electron chi connectivity index (χ2n) is 9.98. The number of nitrogens with one attached hydrogen (secondary N) is 2. The lowest BCUT2D eigenvalue weighted by molar-refractivity contribution is -0.0223. The van der Waals surface area contributed by atoms with Crippen LogP contribution in [0.4, 0.5) is 5.69 Å². The molecule has 9 heteroatoms. The number of imidazole rings is 1. The monoisotopic (exact) mass is 474 g/mol. The van der Waals surface area contributed by atoms with E-state index in [1.54, 1.807) is 10.6 Å². The number of hydrogen-bond acceptors (Lipinski definition) is 7. The summed E-state index contributed by atoms with van der Waals surface area (Å²) in [6.45, 7) is 8.60. The quantitative estimate of drug-likeness (QED) is 0.378. The van der Waals surface area contributed by atoms with E-state index in [9.17, 15) is 4.79 Å². The minimum Gasteiger partial charge on any atom is -0.361 e. The summed E-state index contributed by atoms with van der Waals surface area (Å²) in [6.07, 6.45) is 5.26.